The zero-order valence-corrected chi connectivity index (χ0v) is 11.3. The van der Waals surface area contributed by atoms with E-state index >= 15 is 0 Å². The summed E-state index contributed by atoms with van der Waals surface area (Å²) >= 11 is 0. The predicted molar refractivity (Wildman–Crippen MR) is 76.1 cm³/mol. The standard InChI is InChI=1S/C16H14N2O3/c19-15(13-2-1-6-17-9-13)18-7-5-11-3-4-12(16(20)21)8-14(11)10-18/h1-4,6,8-9H,5,7,10H2,(H,20,21). The van der Waals surface area contributed by atoms with Crippen LogP contribution in [-0.2, 0) is 13.0 Å². The largest absolute Gasteiger partial charge is 0.478 e. The van der Waals surface area contributed by atoms with Crippen LogP contribution in [0.15, 0.2) is 42.7 Å². The summed E-state index contributed by atoms with van der Waals surface area (Å²) in [6, 6.07) is 8.57. The zero-order chi connectivity index (χ0) is 14.8. The third kappa shape index (κ3) is 2.63. The molecule has 0 aliphatic carbocycles. The van der Waals surface area contributed by atoms with Crippen LogP contribution in [0.4, 0.5) is 0 Å². The Morgan fingerprint density at radius 1 is 1.14 bits per heavy atom. The van der Waals surface area contributed by atoms with Gasteiger partial charge in [0.1, 0.15) is 0 Å². The molecule has 1 aliphatic rings. The minimum atomic E-state index is -0.950. The highest BCUT2D eigenvalue weighted by Gasteiger charge is 2.22. The Labute approximate surface area is 121 Å². The van der Waals surface area contributed by atoms with Crippen molar-refractivity contribution in [3.8, 4) is 0 Å². The van der Waals surface area contributed by atoms with Gasteiger partial charge < -0.3 is 10.0 Å². The van der Waals surface area contributed by atoms with Crippen LogP contribution in [0.1, 0.15) is 31.8 Å². The molecule has 1 amide bonds. The molecule has 0 fully saturated rings. The Hall–Kier alpha value is -2.69. The summed E-state index contributed by atoms with van der Waals surface area (Å²) in [4.78, 5) is 29.1. The number of amides is 1. The molecule has 1 aromatic carbocycles. The fraction of sp³-hybridized carbons (Fsp3) is 0.188. The number of aromatic carboxylic acids is 1. The van der Waals surface area contributed by atoms with Crippen LogP contribution in [0.5, 0.6) is 0 Å². The summed E-state index contributed by atoms with van der Waals surface area (Å²) in [5, 5.41) is 9.05. The van der Waals surface area contributed by atoms with Gasteiger partial charge in [-0.3, -0.25) is 9.78 Å². The molecule has 0 spiro atoms. The normalized spacial score (nSPS) is 13.6. The van der Waals surface area contributed by atoms with E-state index in [0.29, 0.717) is 18.7 Å². The van der Waals surface area contributed by atoms with Gasteiger partial charge in [0.05, 0.1) is 11.1 Å². The summed E-state index contributed by atoms with van der Waals surface area (Å²) in [7, 11) is 0. The number of carboxylic acids is 1. The maximum Gasteiger partial charge on any atom is 0.335 e. The first kappa shape index (κ1) is 13.3. The second-order valence-electron chi connectivity index (χ2n) is 5.01. The number of pyridine rings is 1. The molecule has 0 radical (unpaired) electrons. The van der Waals surface area contributed by atoms with Crippen molar-refractivity contribution in [3.63, 3.8) is 0 Å². The van der Waals surface area contributed by atoms with E-state index < -0.39 is 5.97 Å². The summed E-state index contributed by atoms with van der Waals surface area (Å²) in [6.07, 6.45) is 3.91. The highest BCUT2D eigenvalue weighted by Crippen LogP contribution is 2.21. The van der Waals surface area contributed by atoms with E-state index in [-0.39, 0.29) is 11.5 Å². The van der Waals surface area contributed by atoms with Crippen LogP contribution < -0.4 is 0 Å². The Morgan fingerprint density at radius 3 is 2.71 bits per heavy atom. The monoisotopic (exact) mass is 282 g/mol. The highest BCUT2D eigenvalue weighted by molar-refractivity contribution is 5.94. The fourth-order valence-corrected chi connectivity index (χ4v) is 2.54. The number of hydrogen-bond donors (Lipinski definition) is 1. The van der Waals surface area contributed by atoms with Gasteiger partial charge in [-0.15, -0.1) is 0 Å². The van der Waals surface area contributed by atoms with Crippen molar-refractivity contribution >= 4 is 11.9 Å². The van der Waals surface area contributed by atoms with E-state index in [1.165, 1.54) is 0 Å². The average Bonchev–Trinajstić information content (AvgIpc) is 2.54. The summed E-state index contributed by atoms with van der Waals surface area (Å²) in [6.45, 7) is 1.07. The number of carbonyl (C=O) groups excluding carboxylic acids is 1. The number of carbonyl (C=O) groups is 2. The van der Waals surface area contributed by atoms with E-state index in [0.717, 1.165) is 17.5 Å². The smallest absolute Gasteiger partial charge is 0.335 e. The summed E-state index contributed by atoms with van der Waals surface area (Å²) < 4.78 is 0. The fourth-order valence-electron chi connectivity index (χ4n) is 2.54. The van der Waals surface area contributed by atoms with Gasteiger partial charge in [-0.05, 0) is 41.8 Å². The number of nitrogens with zero attached hydrogens (tertiary/aromatic N) is 2. The topological polar surface area (TPSA) is 70.5 Å². The highest BCUT2D eigenvalue weighted by atomic mass is 16.4. The molecule has 1 aliphatic heterocycles. The molecule has 0 bridgehead atoms. The van der Waals surface area contributed by atoms with Gasteiger partial charge in [0.2, 0.25) is 0 Å². The van der Waals surface area contributed by atoms with Gasteiger partial charge in [0, 0.05) is 25.5 Å². The maximum atomic E-state index is 12.4. The van der Waals surface area contributed by atoms with Gasteiger partial charge in [0.15, 0.2) is 0 Å². The van der Waals surface area contributed by atoms with Crippen molar-refractivity contribution in [2.75, 3.05) is 6.54 Å². The van der Waals surface area contributed by atoms with Crippen molar-refractivity contribution in [1.29, 1.82) is 0 Å². The lowest BCUT2D eigenvalue weighted by Crippen LogP contribution is -2.36. The van der Waals surface area contributed by atoms with Crippen LogP contribution >= 0.6 is 0 Å². The van der Waals surface area contributed by atoms with E-state index in [1.807, 2.05) is 6.07 Å². The van der Waals surface area contributed by atoms with Crippen molar-refractivity contribution in [1.82, 2.24) is 9.88 Å². The molecule has 1 N–H and O–H groups in total. The van der Waals surface area contributed by atoms with Crippen LogP contribution in [0.3, 0.4) is 0 Å². The lowest BCUT2D eigenvalue weighted by Gasteiger charge is -2.29. The zero-order valence-electron chi connectivity index (χ0n) is 11.3. The van der Waals surface area contributed by atoms with Crippen LogP contribution in [0, 0.1) is 0 Å². The second kappa shape index (κ2) is 5.36. The quantitative estimate of drug-likeness (QED) is 0.914. The minimum absolute atomic E-state index is 0.0746. The first-order valence-electron chi connectivity index (χ1n) is 6.69. The van der Waals surface area contributed by atoms with E-state index in [2.05, 4.69) is 4.98 Å². The van der Waals surface area contributed by atoms with Crippen LogP contribution in [0.2, 0.25) is 0 Å². The molecular formula is C16H14N2O3. The van der Waals surface area contributed by atoms with Crippen molar-refractivity contribution in [2.45, 2.75) is 13.0 Å². The second-order valence-corrected chi connectivity index (χ2v) is 5.01. The van der Waals surface area contributed by atoms with E-state index in [1.54, 1.807) is 41.6 Å². The third-order valence-electron chi connectivity index (χ3n) is 3.66. The van der Waals surface area contributed by atoms with Crippen molar-refractivity contribution in [2.24, 2.45) is 0 Å². The Bertz CT molecular complexity index is 698. The van der Waals surface area contributed by atoms with Gasteiger partial charge in [-0.25, -0.2) is 4.79 Å². The lowest BCUT2D eigenvalue weighted by molar-refractivity contribution is 0.0696. The van der Waals surface area contributed by atoms with Gasteiger partial charge in [-0.2, -0.15) is 0 Å². The third-order valence-corrected chi connectivity index (χ3v) is 3.66. The molecule has 0 saturated carbocycles. The number of hydrogen-bond acceptors (Lipinski definition) is 3. The molecule has 3 rings (SSSR count). The molecular weight excluding hydrogens is 268 g/mol. The SMILES string of the molecule is O=C(O)c1ccc2c(c1)CN(C(=O)c1cccnc1)CC2. The number of carboxylic acid groups (broad SMARTS) is 1. The Kier molecular flexibility index (Phi) is 3.39. The van der Waals surface area contributed by atoms with Gasteiger partial charge in [0.25, 0.3) is 5.91 Å². The van der Waals surface area contributed by atoms with Gasteiger partial charge in [-0.1, -0.05) is 6.07 Å². The number of aromatic nitrogens is 1. The van der Waals surface area contributed by atoms with Crippen molar-refractivity contribution < 1.29 is 14.7 Å². The average molecular weight is 282 g/mol. The molecule has 2 aromatic rings. The molecule has 21 heavy (non-hydrogen) atoms. The first-order valence-corrected chi connectivity index (χ1v) is 6.69. The molecule has 5 nitrogen and oxygen atoms in total. The van der Waals surface area contributed by atoms with Crippen LogP contribution in [0.25, 0.3) is 0 Å². The molecule has 106 valence electrons. The van der Waals surface area contributed by atoms with E-state index in [4.69, 9.17) is 5.11 Å². The first-order chi connectivity index (χ1) is 10.1. The molecule has 0 saturated heterocycles. The number of fused-ring (bicyclic) bond motifs is 1. The molecule has 1 aromatic heterocycles. The van der Waals surface area contributed by atoms with Crippen molar-refractivity contribution in [3.05, 3.63) is 65.0 Å². The number of rotatable bonds is 2. The Balaban J connectivity index is 1.85. The molecule has 0 atom stereocenters. The summed E-state index contributed by atoms with van der Waals surface area (Å²) in [5.74, 6) is -1.03. The minimum Gasteiger partial charge on any atom is -0.478 e. The summed E-state index contributed by atoms with van der Waals surface area (Å²) in [5.41, 5.74) is 2.81. The van der Waals surface area contributed by atoms with Gasteiger partial charge >= 0.3 is 5.97 Å². The predicted octanol–water partition coefficient (Wildman–Crippen LogP) is 1.98. The van der Waals surface area contributed by atoms with Crippen LogP contribution in [-0.4, -0.2) is 33.4 Å². The molecule has 0 unspecified atom stereocenters. The number of benzene rings is 1. The molecule has 2 heterocycles. The Morgan fingerprint density at radius 2 is 2.00 bits per heavy atom. The molecule has 5 heteroatoms. The maximum absolute atomic E-state index is 12.4. The van der Waals surface area contributed by atoms with E-state index in [9.17, 15) is 9.59 Å². The lowest BCUT2D eigenvalue weighted by atomic mass is 9.97.